The van der Waals surface area contributed by atoms with Gasteiger partial charge in [-0.3, -0.25) is 4.79 Å². The van der Waals surface area contributed by atoms with Gasteiger partial charge in [-0.05, 0) is 18.6 Å². The van der Waals surface area contributed by atoms with Gasteiger partial charge in [0.25, 0.3) is 0 Å². The number of aliphatic carboxylic acids is 1. The molecule has 1 unspecified atom stereocenters. The molecule has 0 aliphatic carbocycles. The smallest absolute Gasteiger partial charge is 0.305 e. The predicted molar refractivity (Wildman–Crippen MR) is 58.5 cm³/mol. The number of halogens is 1. The maximum absolute atomic E-state index is 13.4. The zero-order chi connectivity index (χ0) is 13.2. The van der Waals surface area contributed by atoms with Gasteiger partial charge >= 0.3 is 5.97 Å². The fourth-order valence-corrected chi connectivity index (χ4v) is 1.71. The molecule has 0 bridgehead atoms. The van der Waals surface area contributed by atoms with Gasteiger partial charge in [-0.15, -0.1) is 0 Å². The van der Waals surface area contributed by atoms with Crippen LogP contribution >= 0.6 is 0 Å². The number of rotatable bonds is 4. The van der Waals surface area contributed by atoms with Crippen molar-refractivity contribution in [1.82, 2.24) is 0 Å². The van der Waals surface area contributed by atoms with Crippen LogP contribution in [0.3, 0.4) is 0 Å². The number of aromatic hydroxyl groups is 1. The summed E-state index contributed by atoms with van der Waals surface area (Å²) in [5.74, 6) is -2.58. The minimum atomic E-state index is -1.10. The zero-order valence-electron chi connectivity index (χ0n) is 9.53. The van der Waals surface area contributed by atoms with E-state index in [1.165, 1.54) is 7.11 Å². The first-order valence-electron chi connectivity index (χ1n) is 4.91. The molecular formula is C11H14FNO4. The number of phenolic OH excluding ortho intramolecular Hbond substituents is 1. The predicted octanol–water partition coefficient (Wildman–Crippen LogP) is 1.32. The van der Waals surface area contributed by atoms with Crippen molar-refractivity contribution in [2.45, 2.75) is 19.4 Å². The van der Waals surface area contributed by atoms with Gasteiger partial charge in [-0.1, -0.05) is 0 Å². The molecule has 0 amide bonds. The monoisotopic (exact) mass is 243 g/mol. The Hall–Kier alpha value is -1.82. The highest BCUT2D eigenvalue weighted by molar-refractivity contribution is 5.68. The van der Waals surface area contributed by atoms with Gasteiger partial charge in [0, 0.05) is 11.6 Å². The molecule has 0 saturated heterocycles. The third-order valence-corrected chi connectivity index (χ3v) is 2.42. The van der Waals surface area contributed by atoms with E-state index in [1.807, 2.05) is 0 Å². The highest BCUT2D eigenvalue weighted by Crippen LogP contribution is 2.38. The van der Waals surface area contributed by atoms with E-state index in [4.69, 9.17) is 15.6 Å². The number of nitrogens with two attached hydrogens (primary N) is 1. The molecule has 0 radical (unpaired) electrons. The highest BCUT2D eigenvalue weighted by Gasteiger charge is 2.22. The molecule has 0 saturated carbocycles. The molecule has 94 valence electrons. The number of aryl methyl sites for hydroxylation is 1. The van der Waals surface area contributed by atoms with Crippen LogP contribution in [0.2, 0.25) is 0 Å². The van der Waals surface area contributed by atoms with Gasteiger partial charge in [0.05, 0.1) is 13.5 Å². The lowest BCUT2D eigenvalue weighted by Crippen LogP contribution is -2.16. The molecule has 4 N–H and O–H groups in total. The minimum absolute atomic E-state index is 0.186. The van der Waals surface area contributed by atoms with E-state index in [-0.39, 0.29) is 17.7 Å². The topological polar surface area (TPSA) is 92.8 Å². The van der Waals surface area contributed by atoms with Crippen molar-refractivity contribution < 1.29 is 24.1 Å². The Labute approximate surface area is 97.6 Å². The molecule has 5 nitrogen and oxygen atoms in total. The summed E-state index contributed by atoms with van der Waals surface area (Å²) in [6, 6.07) is 0.234. The largest absolute Gasteiger partial charge is 0.504 e. The summed E-state index contributed by atoms with van der Waals surface area (Å²) < 4.78 is 18.1. The molecule has 1 rings (SSSR count). The SMILES string of the molecule is COc1c(F)cc(C)c(C(N)CC(=O)O)c1O. The van der Waals surface area contributed by atoms with Crippen LogP contribution in [0.25, 0.3) is 0 Å². The molecule has 0 spiro atoms. The average molecular weight is 243 g/mol. The second-order valence-corrected chi connectivity index (χ2v) is 3.68. The van der Waals surface area contributed by atoms with Crippen molar-refractivity contribution in [3.8, 4) is 11.5 Å². The fourth-order valence-electron chi connectivity index (χ4n) is 1.71. The number of hydrogen-bond donors (Lipinski definition) is 3. The summed E-state index contributed by atoms with van der Waals surface area (Å²) in [6.45, 7) is 1.54. The Balaban J connectivity index is 3.28. The van der Waals surface area contributed by atoms with Gasteiger partial charge in [0.15, 0.2) is 17.3 Å². The summed E-state index contributed by atoms with van der Waals surface area (Å²) >= 11 is 0. The minimum Gasteiger partial charge on any atom is -0.504 e. The average Bonchev–Trinajstić information content (AvgIpc) is 2.15. The lowest BCUT2D eigenvalue weighted by Gasteiger charge is -2.17. The molecular weight excluding hydrogens is 229 g/mol. The van der Waals surface area contributed by atoms with Crippen molar-refractivity contribution in [3.05, 3.63) is 23.0 Å². The van der Waals surface area contributed by atoms with E-state index >= 15 is 0 Å². The van der Waals surface area contributed by atoms with Gasteiger partial charge in [0.1, 0.15) is 0 Å². The number of carboxylic acid groups (broad SMARTS) is 1. The number of carboxylic acids is 1. The van der Waals surface area contributed by atoms with Gasteiger partial charge < -0.3 is 20.7 Å². The summed E-state index contributed by atoms with van der Waals surface area (Å²) in [5.41, 5.74) is 6.22. The molecule has 0 aromatic heterocycles. The Kier molecular flexibility index (Phi) is 3.90. The van der Waals surface area contributed by atoms with Gasteiger partial charge in [0.2, 0.25) is 0 Å². The number of benzene rings is 1. The van der Waals surface area contributed by atoms with Crippen molar-refractivity contribution in [2.75, 3.05) is 7.11 Å². The second kappa shape index (κ2) is 5.01. The van der Waals surface area contributed by atoms with E-state index in [9.17, 15) is 14.3 Å². The fraction of sp³-hybridized carbons (Fsp3) is 0.364. The molecule has 1 atom stereocenters. The summed E-state index contributed by atoms with van der Waals surface area (Å²) in [6.07, 6.45) is -0.358. The third kappa shape index (κ3) is 2.65. The normalized spacial score (nSPS) is 12.2. The van der Waals surface area contributed by atoms with E-state index in [0.717, 1.165) is 6.07 Å². The van der Waals surface area contributed by atoms with Crippen LogP contribution in [0.1, 0.15) is 23.6 Å². The summed E-state index contributed by atoms with van der Waals surface area (Å²) in [5, 5.41) is 18.4. The lowest BCUT2D eigenvalue weighted by atomic mass is 9.97. The molecule has 0 fully saturated rings. The number of phenols is 1. The van der Waals surface area contributed by atoms with Crippen molar-refractivity contribution in [2.24, 2.45) is 5.73 Å². The number of ether oxygens (including phenoxy) is 1. The van der Waals surface area contributed by atoms with Crippen molar-refractivity contribution in [3.63, 3.8) is 0 Å². The summed E-state index contributed by atoms with van der Waals surface area (Å²) in [7, 11) is 1.21. The highest BCUT2D eigenvalue weighted by atomic mass is 19.1. The maximum Gasteiger partial charge on any atom is 0.305 e. The first kappa shape index (κ1) is 13.2. The molecule has 17 heavy (non-hydrogen) atoms. The quantitative estimate of drug-likeness (QED) is 0.741. The van der Waals surface area contributed by atoms with Crippen LogP contribution in [0.15, 0.2) is 6.07 Å². The van der Waals surface area contributed by atoms with Crippen LogP contribution < -0.4 is 10.5 Å². The van der Waals surface area contributed by atoms with E-state index in [2.05, 4.69) is 0 Å². The van der Waals surface area contributed by atoms with Crippen molar-refractivity contribution >= 4 is 5.97 Å². The van der Waals surface area contributed by atoms with E-state index < -0.39 is 23.6 Å². The first-order valence-corrected chi connectivity index (χ1v) is 4.91. The van der Waals surface area contributed by atoms with Crippen LogP contribution in [-0.2, 0) is 4.79 Å². The molecule has 1 aromatic rings. The van der Waals surface area contributed by atoms with E-state index in [1.54, 1.807) is 6.92 Å². The van der Waals surface area contributed by atoms with E-state index in [0.29, 0.717) is 5.56 Å². The number of methoxy groups -OCH3 is 1. The third-order valence-electron chi connectivity index (χ3n) is 2.42. The standard InChI is InChI=1S/C11H14FNO4/c1-5-3-6(12)11(17-2)10(16)9(5)7(13)4-8(14)15/h3,7,16H,4,13H2,1-2H3,(H,14,15). The van der Waals surface area contributed by atoms with Crippen LogP contribution in [-0.4, -0.2) is 23.3 Å². The van der Waals surface area contributed by atoms with Crippen LogP contribution in [0.4, 0.5) is 4.39 Å². The van der Waals surface area contributed by atoms with Gasteiger partial charge in [-0.25, -0.2) is 4.39 Å². The maximum atomic E-state index is 13.4. The molecule has 6 heteroatoms. The van der Waals surface area contributed by atoms with Crippen LogP contribution in [0, 0.1) is 12.7 Å². The van der Waals surface area contributed by atoms with Gasteiger partial charge in [-0.2, -0.15) is 0 Å². The molecule has 0 aliphatic heterocycles. The Bertz CT molecular complexity index is 448. The second-order valence-electron chi connectivity index (χ2n) is 3.68. The summed E-state index contributed by atoms with van der Waals surface area (Å²) in [4.78, 5) is 10.6. The zero-order valence-corrected chi connectivity index (χ0v) is 9.53. The Morgan fingerprint density at radius 3 is 2.71 bits per heavy atom. The lowest BCUT2D eigenvalue weighted by molar-refractivity contribution is -0.137. The number of hydrogen-bond acceptors (Lipinski definition) is 4. The Morgan fingerprint density at radius 1 is 1.65 bits per heavy atom. The molecule has 0 aliphatic rings. The van der Waals surface area contributed by atoms with Crippen LogP contribution in [0.5, 0.6) is 11.5 Å². The van der Waals surface area contributed by atoms with Crippen molar-refractivity contribution in [1.29, 1.82) is 0 Å². The number of carbonyl (C=O) groups is 1. The Morgan fingerprint density at radius 2 is 2.24 bits per heavy atom. The molecule has 1 aromatic carbocycles. The first-order chi connectivity index (χ1) is 7.88. The molecule has 0 heterocycles.